The van der Waals surface area contributed by atoms with E-state index in [1.54, 1.807) is 49.4 Å². The number of nitrogens with one attached hydrogen (secondary N) is 1. The van der Waals surface area contributed by atoms with E-state index in [9.17, 15) is 9.59 Å². The zero-order valence-corrected chi connectivity index (χ0v) is 16.1. The predicted molar refractivity (Wildman–Crippen MR) is 107 cm³/mol. The maximum Gasteiger partial charge on any atom is 0.419 e. The lowest BCUT2D eigenvalue weighted by Crippen LogP contribution is -2.34. The number of hydrogen-bond acceptors (Lipinski definition) is 5. The Labute approximate surface area is 168 Å². The van der Waals surface area contributed by atoms with Gasteiger partial charge in [0.1, 0.15) is 11.9 Å². The van der Waals surface area contributed by atoms with Crippen molar-refractivity contribution >= 4 is 35.2 Å². The second-order valence-electron chi connectivity index (χ2n) is 5.79. The molecule has 2 aromatic rings. The first-order chi connectivity index (χ1) is 13.5. The molecule has 2 rings (SSSR count). The lowest BCUT2D eigenvalue weighted by Gasteiger charge is -2.21. The molecule has 0 radical (unpaired) electrons. The summed E-state index contributed by atoms with van der Waals surface area (Å²) in [5.41, 5.74) is 1.02. The van der Waals surface area contributed by atoms with Gasteiger partial charge in [0, 0.05) is 24.0 Å². The quantitative estimate of drug-likeness (QED) is 0.674. The van der Waals surface area contributed by atoms with Gasteiger partial charge in [-0.2, -0.15) is 5.26 Å². The minimum Gasteiger partial charge on any atom is -0.445 e. The van der Waals surface area contributed by atoms with Gasteiger partial charge in [-0.15, -0.1) is 11.6 Å². The third-order valence-electron chi connectivity index (χ3n) is 3.55. The minimum atomic E-state index is -0.656. The fourth-order valence-corrected chi connectivity index (χ4v) is 2.31. The summed E-state index contributed by atoms with van der Waals surface area (Å²) in [6, 6.07) is 17.3. The number of alkyl halides is 1. The Morgan fingerprint density at radius 2 is 1.96 bits per heavy atom. The Balaban J connectivity index is 2.07. The molecular weight excluding hydrogens is 382 g/mol. The second-order valence-corrected chi connectivity index (χ2v) is 6.09. The van der Waals surface area contributed by atoms with Gasteiger partial charge in [0.05, 0.1) is 18.4 Å². The maximum atomic E-state index is 12.6. The first-order valence-corrected chi connectivity index (χ1v) is 9.12. The molecule has 1 atom stereocenters. The summed E-state index contributed by atoms with van der Waals surface area (Å²) in [6.45, 7) is 1.87. The molecule has 0 aliphatic carbocycles. The summed E-state index contributed by atoms with van der Waals surface area (Å²) in [4.78, 5) is 25.8. The monoisotopic (exact) mass is 401 g/mol. The van der Waals surface area contributed by atoms with E-state index in [1.807, 2.05) is 12.1 Å². The van der Waals surface area contributed by atoms with Crippen LogP contribution in [-0.2, 0) is 4.74 Å². The molecule has 2 aromatic carbocycles. The van der Waals surface area contributed by atoms with Crippen LogP contribution >= 0.6 is 11.6 Å². The van der Waals surface area contributed by atoms with Gasteiger partial charge in [-0.05, 0) is 31.2 Å². The van der Waals surface area contributed by atoms with Crippen LogP contribution in [0.5, 0.6) is 5.75 Å². The molecule has 28 heavy (non-hydrogen) atoms. The van der Waals surface area contributed by atoms with Crippen molar-refractivity contribution in [3.8, 4) is 11.8 Å². The van der Waals surface area contributed by atoms with Crippen LogP contribution in [0.2, 0.25) is 0 Å². The average molecular weight is 402 g/mol. The summed E-state index contributed by atoms with van der Waals surface area (Å²) in [5.74, 6) is 0.425. The van der Waals surface area contributed by atoms with Crippen molar-refractivity contribution < 1.29 is 19.1 Å². The first-order valence-electron chi connectivity index (χ1n) is 8.58. The molecule has 2 amide bonds. The molecule has 8 heteroatoms. The van der Waals surface area contributed by atoms with E-state index in [-0.39, 0.29) is 24.6 Å². The van der Waals surface area contributed by atoms with Crippen molar-refractivity contribution in [2.45, 2.75) is 19.4 Å². The van der Waals surface area contributed by atoms with Crippen molar-refractivity contribution in [3.05, 3.63) is 54.6 Å². The first kappa shape index (κ1) is 21.1. The highest BCUT2D eigenvalue weighted by Crippen LogP contribution is 2.21. The van der Waals surface area contributed by atoms with E-state index in [4.69, 9.17) is 26.3 Å². The molecule has 0 bridgehead atoms. The van der Waals surface area contributed by atoms with Crippen LogP contribution in [-0.4, -0.2) is 30.7 Å². The highest BCUT2D eigenvalue weighted by Gasteiger charge is 2.18. The topological polar surface area (TPSA) is 91.7 Å². The minimum absolute atomic E-state index is 0.163. The largest absolute Gasteiger partial charge is 0.445 e. The van der Waals surface area contributed by atoms with Crippen molar-refractivity contribution in [3.63, 3.8) is 0 Å². The third-order valence-corrected chi connectivity index (χ3v) is 3.98. The van der Waals surface area contributed by atoms with Crippen LogP contribution in [0.25, 0.3) is 0 Å². The normalized spacial score (nSPS) is 11.0. The number of anilines is 2. The number of nitrogens with zero attached hydrogens (tertiary/aromatic N) is 2. The SMILES string of the molecule is CC(CCl)OC(=O)Nc1cccc(OC(=O)N(CCC#N)c2ccccc2)c1. The molecule has 0 fully saturated rings. The number of benzene rings is 2. The van der Waals surface area contributed by atoms with Crippen molar-refractivity contribution in [2.24, 2.45) is 0 Å². The molecule has 7 nitrogen and oxygen atoms in total. The summed E-state index contributed by atoms with van der Waals surface area (Å²) < 4.78 is 10.5. The number of amides is 2. The fourth-order valence-electron chi connectivity index (χ4n) is 2.25. The van der Waals surface area contributed by atoms with E-state index < -0.39 is 18.3 Å². The van der Waals surface area contributed by atoms with Crippen LogP contribution in [0.4, 0.5) is 21.0 Å². The molecule has 0 saturated carbocycles. The van der Waals surface area contributed by atoms with Gasteiger partial charge < -0.3 is 9.47 Å². The number of nitriles is 1. The van der Waals surface area contributed by atoms with Crippen LogP contribution in [0.15, 0.2) is 54.6 Å². The molecule has 0 aliphatic heterocycles. The lowest BCUT2D eigenvalue weighted by molar-refractivity contribution is 0.131. The van der Waals surface area contributed by atoms with E-state index in [0.29, 0.717) is 11.4 Å². The number of para-hydroxylation sites is 1. The fraction of sp³-hybridized carbons (Fsp3) is 0.250. The van der Waals surface area contributed by atoms with Gasteiger partial charge in [-0.3, -0.25) is 10.2 Å². The Hall–Kier alpha value is -3.24. The summed E-state index contributed by atoms with van der Waals surface area (Å²) >= 11 is 5.61. The summed E-state index contributed by atoms with van der Waals surface area (Å²) in [5, 5.41) is 11.4. The Bertz CT molecular complexity index is 839. The molecule has 0 aliphatic rings. The number of carbonyl (C=O) groups excluding carboxylic acids is 2. The van der Waals surface area contributed by atoms with Crippen molar-refractivity contribution in [1.29, 1.82) is 5.26 Å². The van der Waals surface area contributed by atoms with Gasteiger partial charge in [0.2, 0.25) is 0 Å². The zero-order chi connectivity index (χ0) is 20.4. The molecule has 1 N–H and O–H groups in total. The Kier molecular flexibility index (Phi) is 8.12. The summed E-state index contributed by atoms with van der Waals surface area (Å²) in [7, 11) is 0. The van der Waals surface area contributed by atoms with Crippen LogP contribution in [0.1, 0.15) is 13.3 Å². The number of halogens is 1. The molecule has 0 heterocycles. The maximum absolute atomic E-state index is 12.6. The molecular formula is C20H20ClN3O4. The van der Waals surface area contributed by atoms with Gasteiger partial charge in [-0.25, -0.2) is 9.59 Å². The van der Waals surface area contributed by atoms with Crippen molar-refractivity contribution in [1.82, 2.24) is 0 Å². The van der Waals surface area contributed by atoms with Gasteiger partial charge in [0.25, 0.3) is 0 Å². The van der Waals surface area contributed by atoms with Gasteiger partial charge in [0.15, 0.2) is 0 Å². The number of hydrogen-bond donors (Lipinski definition) is 1. The Morgan fingerprint density at radius 3 is 2.64 bits per heavy atom. The number of carbonyl (C=O) groups is 2. The number of rotatable bonds is 7. The molecule has 1 unspecified atom stereocenters. The predicted octanol–water partition coefficient (Wildman–Crippen LogP) is 4.78. The van der Waals surface area contributed by atoms with Crippen LogP contribution < -0.4 is 15.0 Å². The Morgan fingerprint density at radius 1 is 1.21 bits per heavy atom. The highest BCUT2D eigenvalue weighted by molar-refractivity contribution is 6.18. The molecule has 0 spiro atoms. The molecule has 0 saturated heterocycles. The summed E-state index contributed by atoms with van der Waals surface area (Å²) in [6.07, 6.45) is -1.55. The average Bonchev–Trinajstić information content (AvgIpc) is 2.69. The number of ether oxygens (including phenoxy) is 2. The highest BCUT2D eigenvalue weighted by atomic mass is 35.5. The van der Waals surface area contributed by atoms with E-state index in [0.717, 1.165) is 0 Å². The van der Waals surface area contributed by atoms with Crippen LogP contribution in [0, 0.1) is 11.3 Å². The zero-order valence-electron chi connectivity index (χ0n) is 15.3. The van der Waals surface area contributed by atoms with E-state index >= 15 is 0 Å². The van der Waals surface area contributed by atoms with E-state index in [1.165, 1.54) is 11.0 Å². The molecule has 146 valence electrons. The van der Waals surface area contributed by atoms with Gasteiger partial charge >= 0.3 is 12.2 Å². The third kappa shape index (κ3) is 6.49. The van der Waals surface area contributed by atoms with E-state index in [2.05, 4.69) is 5.32 Å². The second kappa shape index (κ2) is 10.8. The van der Waals surface area contributed by atoms with Gasteiger partial charge in [-0.1, -0.05) is 24.3 Å². The lowest BCUT2D eigenvalue weighted by atomic mass is 10.3. The standard InChI is InChI=1S/C20H20ClN3O4/c1-15(14-21)27-19(25)23-16-7-5-10-18(13-16)28-20(26)24(12-6-11-22)17-8-3-2-4-9-17/h2-5,7-10,13,15H,6,12,14H2,1H3,(H,23,25). The smallest absolute Gasteiger partial charge is 0.419 e. The van der Waals surface area contributed by atoms with Crippen molar-refractivity contribution in [2.75, 3.05) is 22.6 Å². The molecule has 0 aromatic heterocycles. The van der Waals surface area contributed by atoms with Crippen LogP contribution in [0.3, 0.4) is 0 Å².